The highest BCUT2D eigenvalue weighted by atomic mass is 32.2. The number of hydrogen-bond acceptors (Lipinski definition) is 12. The van der Waals surface area contributed by atoms with Crippen LogP contribution in [0.25, 0.3) is 22.5 Å². The molecule has 0 spiro atoms. The van der Waals surface area contributed by atoms with Gasteiger partial charge in [-0.3, -0.25) is 18.7 Å². The largest absolute Gasteiger partial charge is 0.496 e. The first-order valence-corrected chi connectivity index (χ1v) is 20.2. The zero-order chi connectivity index (χ0) is 47.2. The number of amides is 2. The van der Waals surface area contributed by atoms with Gasteiger partial charge in [0, 0.05) is 35.1 Å². The molecule has 4 aromatic rings. The predicted octanol–water partition coefficient (Wildman–Crippen LogP) is 7.20. The molecule has 0 saturated heterocycles. The van der Waals surface area contributed by atoms with Crippen molar-refractivity contribution in [1.29, 1.82) is 11.0 Å². The maximum atomic E-state index is 13.7. The van der Waals surface area contributed by atoms with Gasteiger partial charge in [-0.15, -0.1) is 0 Å². The summed E-state index contributed by atoms with van der Waals surface area (Å²) >= 11 is 0. The second-order valence-corrected chi connectivity index (χ2v) is 16.9. The smallest absolute Gasteiger partial charge is 0.471 e. The number of fused-ring (bicyclic) bond motifs is 2. The monoisotopic (exact) mass is 908 g/mol. The van der Waals surface area contributed by atoms with Crippen LogP contribution in [0.2, 0.25) is 2.82 Å². The fourth-order valence-electron chi connectivity index (χ4n) is 7.70. The Bertz CT molecular complexity index is 2750. The molecule has 0 bridgehead atoms. The lowest BCUT2D eigenvalue weighted by molar-refractivity contribution is -0.172. The molecule has 326 valence electrons. The van der Waals surface area contributed by atoms with Gasteiger partial charge in [0.2, 0.25) is 2.82 Å². The number of halogens is 6. The Hall–Kier alpha value is -6.50. The molecule has 16 nitrogen and oxygen atoms in total. The molecule has 6 rings (SSSR count). The van der Waals surface area contributed by atoms with E-state index >= 15 is 0 Å². The first-order chi connectivity index (χ1) is 29.9. The molecular formula is C38H30F6N6O10S2. The van der Waals surface area contributed by atoms with Crippen LogP contribution in [-0.2, 0) is 39.3 Å². The van der Waals surface area contributed by atoms with Crippen LogP contribution in [0.4, 0.5) is 26.3 Å². The summed E-state index contributed by atoms with van der Waals surface area (Å²) in [5.74, 6) is -5.44. The summed E-state index contributed by atoms with van der Waals surface area (Å²) in [5.41, 5.74) is 1.51. The van der Waals surface area contributed by atoms with Gasteiger partial charge in [-0.2, -0.15) is 53.4 Å². The van der Waals surface area contributed by atoms with Gasteiger partial charge in [-0.05, 0) is 34.4 Å². The van der Waals surface area contributed by atoms with Crippen molar-refractivity contribution in [2.24, 2.45) is 10.2 Å². The van der Waals surface area contributed by atoms with Crippen molar-refractivity contribution in [3.63, 3.8) is 0 Å². The fourth-order valence-corrected chi connectivity index (χ4v) is 10.1. The summed E-state index contributed by atoms with van der Waals surface area (Å²) in [4.78, 5) is 24.2. The fraction of sp³-hybridized carbons (Fsp3) is 0.211. The first kappa shape index (κ1) is 42.2. The highest BCUT2D eigenvalue weighted by molar-refractivity contribution is 7.87. The third-order valence-electron chi connectivity index (χ3n) is 10.4. The van der Waals surface area contributed by atoms with Crippen LogP contribution in [0.5, 0.6) is 11.5 Å². The molecule has 0 heterocycles. The van der Waals surface area contributed by atoms with E-state index in [0.717, 1.165) is 26.4 Å². The molecule has 0 saturated carbocycles. The Morgan fingerprint density at radius 2 is 1.00 bits per heavy atom. The molecule has 0 aliphatic heterocycles. The van der Waals surface area contributed by atoms with Gasteiger partial charge in [-0.25, -0.2) is 11.0 Å². The standard InChI is InChI=1S/C38H30F6N6O10S2/c1-59-29-15-19(11-13-25(29)35(61(53,54)55)17-27(49-45)31(47-33(51)37(39,40)41)21-7-3-5-9-23(21)35)20-12-14-26(30(16-20)60-2)36(62(56,57)58)18-28(50-46)32(48-34(52)38(42,43)44)22-8-4-6-10-24(22)36/h3-16,45-46H,17-18H2,1-2H3,(H,47,51)(H,48,52)(H,53,54,55)(H,56,57,58)/b49-45+,50-46+. The summed E-state index contributed by atoms with van der Waals surface area (Å²) < 4.78 is 178. The highest BCUT2D eigenvalue weighted by Crippen LogP contribution is 2.55. The Labute approximate surface area is 350 Å². The maximum absolute atomic E-state index is 13.7. The SMILES string of the molecule is [H]/N=N/C1=C(NC(=O)C(F)(F)F)c2ccccc2C(c2ccc(-c3ccc(C4(S(=O)(=O)O)CC(/N=N/[H])=C(NC(=O)C(F)(F)F)c5ccccc54)c(OC)c3)cc2OC)(S(=O)(=O)O)C1. The third-order valence-corrected chi connectivity index (χ3v) is 13.3. The molecular weight excluding hydrogens is 879 g/mol. The Morgan fingerprint density at radius 3 is 1.31 bits per heavy atom. The van der Waals surface area contributed by atoms with E-state index in [4.69, 9.17) is 12.3 Å². The number of carbonyl (C=O) groups excluding carboxylic acids is 2. The number of nitrogens with one attached hydrogen (secondary N) is 4. The van der Waals surface area contributed by atoms with Crippen LogP contribution < -0.4 is 20.1 Å². The quantitative estimate of drug-likeness (QED) is 0.0501. The van der Waals surface area contributed by atoms with E-state index in [1.54, 1.807) is 10.6 Å². The maximum Gasteiger partial charge on any atom is 0.471 e. The number of ether oxygens (including phenoxy) is 2. The zero-order valence-corrected chi connectivity index (χ0v) is 33.2. The molecule has 2 amide bonds. The predicted molar refractivity (Wildman–Crippen MR) is 204 cm³/mol. The van der Waals surface area contributed by atoms with Crippen molar-refractivity contribution in [1.82, 2.24) is 10.6 Å². The van der Waals surface area contributed by atoms with Gasteiger partial charge in [0.05, 0.1) is 37.0 Å². The number of benzene rings is 4. The van der Waals surface area contributed by atoms with E-state index in [0.29, 0.717) is 0 Å². The lowest BCUT2D eigenvalue weighted by Gasteiger charge is -2.38. The lowest BCUT2D eigenvalue weighted by atomic mass is 9.77. The topological polar surface area (TPSA) is 258 Å². The zero-order valence-electron chi connectivity index (χ0n) is 33.5. The van der Waals surface area contributed by atoms with E-state index in [2.05, 4.69) is 21.3 Å². The molecule has 2 unspecified atom stereocenters. The molecule has 2 aliphatic rings. The van der Waals surface area contributed by atoms with Gasteiger partial charge >= 0.3 is 24.2 Å². The minimum Gasteiger partial charge on any atom is -0.496 e. The number of hydrogen-bond donors (Lipinski definition) is 6. The van der Waals surface area contributed by atoms with Crippen molar-refractivity contribution in [2.75, 3.05) is 14.2 Å². The second-order valence-electron chi connectivity index (χ2n) is 13.6. The van der Waals surface area contributed by atoms with E-state index in [9.17, 15) is 61.9 Å². The van der Waals surface area contributed by atoms with E-state index in [1.807, 2.05) is 0 Å². The number of alkyl halides is 6. The summed E-state index contributed by atoms with van der Waals surface area (Å²) in [7, 11) is -8.59. The number of nitrogens with zero attached hydrogens (tertiary/aromatic N) is 2. The molecule has 0 radical (unpaired) electrons. The van der Waals surface area contributed by atoms with Gasteiger partial charge in [0.15, 0.2) is 9.49 Å². The van der Waals surface area contributed by atoms with Crippen LogP contribution in [-0.4, -0.2) is 64.3 Å². The lowest BCUT2D eigenvalue weighted by Crippen LogP contribution is -2.43. The summed E-state index contributed by atoms with van der Waals surface area (Å²) in [6.07, 6.45) is -12.8. The molecule has 24 heteroatoms. The minimum absolute atomic E-state index is 0.186. The van der Waals surface area contributed by atoms with Crippen molar-refractivity contribution in [3.05, 3.63) is 130 Å². The van der Waals surface area contributed by atoms with Crippen LogP contribution in [0, 0.1) is 11.0 Å². The Kier molecular flexibility index (Phi) is 10.7. The van der Waals surface area contributed by atoms with Crippen molar-refractivity contribution in [2.45, 2.75) is 34.7 Å². The summed E-state index contributed by atoms with van der Waals surface area (Å²) in [5, 5.41) is 10.3. The van der Waals surface area contributed by atoms with Crippen molar-refractivity contribution in [3.8, 4) is 22.6 Å². The van der Waals surface area contributed by atoms with Crippen molar-refractivity contribution < 1.29 is 74.2 Å². The van der Waals surface area contributed by atoms with Gasteiger partial charge in [-0.1, -0.05) is 72.8 Å². The highest BCUT2D eigenvalue weighted by Gasteiger charge is 2.55. The van der Waals surface area contributed by atoms with Crippen LogP contribution in [0.1, 0.15) is 46.2 Å². The summed E-state index contributed by atoms with van der Waals surface area (Å²) in [6.45, 7) is 0. The number of allylic oxidation sites excluding steroid dienone is 2. The van der Waals surface area contributed by atoms with Crippen LogP contribution in [0.15, 0.2) is 107 Å². The molecule has 4 aromatic carbocycles. The van der Waals surface area contributed by atoms with Crippen LogP contribution in [0.3, 0.4) is 0 Å². The Balaban J connectivity index is 1.54. The van der Waals surface area contributed by atoms with Crippen LogP contribution >= 0.6 is 0 Å². The summed E-state index contributed by atoms with van der Waals surface area (Å²) in [6, 6.07) is 17.4. The average Bonchev–Trinajstić information content (AvgIpc) is 3.23. The Morgan fingerprint density at radius 1 is 0.645 bits per heavy atom. The van der Waals surface area contributed by atoms with E-state index in [-0.39, 0.29) is 56.0 Å². The molecule has 62 heavy (non-hydrogen) atoms. The minimum atomic E-state index is -5.42. The molecule has 2 aliphatic carbocycles. The number of rotatable bonds is 11. The molecule has 0 aromatic heterocycles. The van der Waals surface area contributed by atoms with E-state index < -0.39 is 89.5 Å². The third kappa shape index (κ3) is 7.36. The van der Waals surface area contributed by atoms with Crippen molar-refractivity contribution >= 4 is 43.4 Å². The molecule has 6 N–H and O–H groups in total. The van der Waals surface area contributed by atoms with Gasteiger partial charge in [0.1, 0.15) is 11.5 Å². The average molecular weight is 909 g/mol. The number of methoxy groups -OCH3 is 2. The molecule has 2 atom stereocenters. The number of carbonyl (C=O) groups is 2. The second kappa shape index (κ2) is 15.8. The first-order valence-electron chi connectivity index (χ1n) is 18.2. The molecule has 0 fully saturated rings. The van der Waals surface area contributed by atoms with Gasteiger partial charge in [0.25, 0.3) is 20.2 Å². The van der Waals surface area contributed by atoms with E-state index in [1.165, 1.54) is 72.8 Å². The normalized spacial score (nSPS) is 20.0. The van der Waals surface area contributed by atoms with Gasteiger partial charge < -0.3 is 20.1 Å².